The molecule has 3 aliphatic rings. The molecule has 1 aromatic carbocycles. The Morgan fingerprint density at radius 1 is 1.18 bits per heavy atom. The van der Waals surface area contributed by atoms with E-state index in [9.17, 15) is 14.7 Å². The number of fused-ring (bicyclic) bond motifs is 2. The van der Waals surface area contributed by atoms with Crippen molar-refractivity contribution >= 4 is 39.4 Å². The second kappa shape index (κ2) is 8.11. The van der Waals surface area contributed by atoms with E-state index < -0.39 is 6.10 Å². The van der Waals surface area contributed by atoms with E-state index in [-0.39, 0.29) is 23.9 Å². The third kappa shape index (κ3) is 3.33. The van der Waals surface area contributed by atoms with Crippen LogP contribution in [0.3, 0.4) is 0 Å². The van der Waals surface area contributed by atoms with Gasteiger partial charge >= 0.3 is 5.97 Å². The molecule has 2 fully saturated rings. The van der Waals surface area contributed by atoms with Crippen LogP contribution in [0.1, 0.15) is 52.4 Å². The number of carbonyl (C=O) groups excluding carboxylic acids is 2. The molecule has 1 atom stereocenters. The molecule has 5 heterocycles. The van der Waals surface area contributed by atoms with Gasteiger partial charge in [0.25, 0.3) is 0 Å². The lowest BCUT2D eigenvalue weighted by Gasteiger charge is -2.38. The Kier molecular flexibility index (Phi) is 5.16. The molecule has 3 aromatic rings. The molecule has 176 valence electrons. The number of β-amino-alcohol motifs (C(OH)–C–C–N with tert-alkyl or cyclic N) is 1. The average Bonchev–Trinajstić information content (AvgIpc) is 3.53. The number of hydrogen-bond donors (Lipinski definition) is 1. The summed E-state index contributed by atoms with van der Waals surface area (Å²) in [5.41, 5.74) is 3.60. The van der Waals surface area contributed by atoms with E-state index in [2.05, 4.69) is 14.3 Å². The number of ether oxygens (including phenoxy) is 1. The number of carbonyl (C=O) groups is 2. The summed E-state index contributed by atoms with van der Waals surface area (Å²) >= 11 is 1.35. The summed E-state index contributed by atoms with van der Waals surface area (Å²) in [6, 6.07) is 7.45. The van der Waals surface area contributed by atoms with Crippen molar-refractivity contribution in [2.45, 2.75) is 38.9 Å². The average molecular weight is 479 g/mol. The number of esters is 1. The summed E-state index contributed by atoms with van der Waals surface area (Å²) in [6.45, 7) is 4.97. The Hall–Kier alpha value is -2.88. The summed E-state index contributed by atoms with van der Waals surface area (Å²) in [7, 11) is 0. The van der Waals surface area contributed by atoms with Crippen LogP contribution in [0.15, 0.2) is 30.5 Å². The number of hydrogen-bond acceptors (Lipinski definition) is 8. The number of cyclic esters (lactones) is 1. The van der Waals surface area contributed by atoms with E-state index in [1.807, 2.05) is 30.0 Å². The fourth-order valence-electron chi connectivity index (χ4n) is 5.68. The minimum absolute atomic E-state index is 0.196. The first-order valence-corrected chi connectivity index (χ1v) is 12.5. The highest BCUT2D eigenvalue weighted by molar-refractivity contribution is 7.12. The topological polar surface area (TPSA) is 95.9 Å². The highest BCUT2D eigenvalue weighted by Crippen LogP contribution is 2.45. The van der Waals surface area contributed by atoms with Gasteiger partial charge in [0, 0.05) is 24.8 Å². The standard InChI is InChI=1S/C25H26N4O4S/c1-15-16(4-5-17-19(15)14-33-23(17)31)20(30)13-28-10-6-25(7-11-28)8-12-29(24(25)32)22-18-3-2-9-26-21(18)27-34-22/h2-5,9,20,30H,6-8,10-14H2,1H3/t20-/m0/s1. The van der Waals surface area contributed by atoms with Gasteiger partial charge < -0.3 is 19.6 Å². The highest BCUT2D eigenvalue weighted by Gasteiger charge is 2.49. The molecule has 2 saturated heterocycles. The number of piperidine rings is 1. The van der Waals surface area contributed by atoms with Gasteiger partial charge in [-0.15, -0.1) is 0 Å². The molecule has 2 aromatic heterocycles. The van der Waals surface area contributed by atoms with Crippen molar-refractivity contribution in [2.24, 2.45) is 5.41 Å². The largest absolute Gasteiger partial charge is 0.457 e. The molecule has 34 heavy (non-hydrogen) atoms. The SMILES string of the molecule is Cc1c([C@@H](O)CN2CCC3(CC2)CCN(c2snc4ncccc24)C3=O)ccc2c1COC2=O. The second-order valence-corrected chi connectivity index (χ2v) is 10.3. The van der Waals surface area contributed by atoms with E-state index in [1.54, 1.807) is 12.3 Å². The number of amides is 1. The van der Waals surface area contributed by atoms with Crippen LogP contribution >= 0.6 is 11.5 Å². The van der Waals surface area contributed by atoms with Crippen LogP contribution in [-0.2, 0) is 16.1 Å². The van der Waals surface area contributed by atoms with Crippen molar-refractivity contribution in [2.75, 3.05) is 31.1 Å². The van der Waals surface area contributed by atoms with Crippen LogP contribution in [0.25, 0.3) is 11.0 Å². The predicted molar refractivity (Wildman–Crippen MR) is 128 cm³/mol. The lowest BCUT2D eigenvalue weighted by Crippen LogP contribution is -2.45. The zero-order valence-corrected chi connectivity index (χ0v) is 19.8. The van der Waals surface area contributed by atoms with Crippen LogP contribution in [0, 0.1) is 12.3 Å². The summed E-state index contributed by atoms with van der Waals surface area (Å²) in [5.74, 6) is -0.0976. The van der Waals surface area contributed by atoms with Crippen LogP contribution in [0.2, 0.25) is 0 Å². The van der Waals surface area contributed by atoms with E-state index in [0.717, 1.165) is 59.4 Å². The Morgan fingerprint density at radius 3 is 2.79 bits per heavy atom. The van der Waals surface area contributed by atoms with Crippen LogP contribution in [0.5, 0.6) is 0 Å². The van der Waals surface area contributed by atoms with Gasteiger partial charge in [-0.05, 0) is 80.1 Å². The van der Waals surface area contributed by atoms with Gasteiger partial charge in [0.05, 0.1) is 22.5 Å². The number of aliphatic hydroxyl groups excluding tert-OH is 1. The number of benzene rings is 1. The molecule has 6 rings (SSSR count). The molecule has 0 saturated carbocycles. The molecule has 0 radical (unpaired) electrons. The van der Waals surface area contributed by atoms with Gasteiger partial charge in [-0.1, -0.05) is 6.07 Å². The van der Waals surface area contributed by atoms with Gasteiger partial charge in [0.1, 0.15) is 11.6 Å². The molecule has 0 aliphatic carbocycles. The zero-order chi connectivity index (χ0) is 23.4. The van der Waals surface area contributed by atoms with E-state index in [4.69, 9.17) is 4.74 Å². The van der Waals surface area contributed by atoms with E-state index in [0.29, 0.717) is 24.3 Å². The zero-order valence-electron chi connectivity index (χ0n) is 19.0. The lowest BCUT2D eigenvalue weighted by atomic mass is 9.77. The molecule has 0 bridgehead atoms. The molecule has 1 spiro atoms. The Labute approximate surface area is 201 Å². The molecule has 1 amide bonds. The van der Waals surface area contributed by atoms with Gasteiger partial charge in [0.15, 0.2) is 5.65 Å². The van der Waals surface area contributed by atoms with Crippen molar-refractivity contribution in [1.29, 1.82) is 0 Å². The van der Waals surface area contributed by atoms with Crippen LogP contribution in [0.4, 0.5) is 5.00 Å². The first-order chi connectivity index (χ1) is 16.5. The molecule has 9 heteroatoms. The maximum Gasteiger partial charge on any atom is 0.338 e. The number of rotatable bonds is 4. The van der Waals surface area contributed by atoms with Crippen LogP contribution < -0.4 is 4.90 Å². The van der Waals surface area contributed by atoms with E-state index in [1.165, 1.54) is 11.5 Å². The minimum atomic E-state index is -0.651. The minimum Gasteiger partial charge on any atom is -0.457 e. The normalized spacial score (nSPS) is 20.8. The summed E-state index contributed by atoms with van der Waals surface area (Å²) < 4.78 is 9.55. The van der Waals surface area contributed by atoms with Crippen molar-refractivity contribution < 1.29 is 19.4 Å². The molecule has 1 N–H and O–H groups in total. The fourth-order valence-corrected chi connectivity index (χ4v) is 6.53. The van der Waals surface area contributed by atoms with Crippen molar-refractivity contribution in [1.82, 2.24) is 14.3 Å². The van der Waals surface area contributed by atoms with Crippen molar-refractivity contribution in [3.05, 3.63) is 52.7 Å². The number of likely N-dealkylation sites (tertiary alicyclic amines) is 1. The van der Waals surface area contributed by atoms with Gasteiger partial charge in [-0.3, -0.25) is 4.79 Å². The number of pyridine rings is 1. The Bertz CT molecular complexity index is 1300. The van der Waals surface area contributed by atoms with Crippen molar-refractivity contribution in [3.63, 3.8) is 0 Å². The second-order valence-electron chi connectivity index (χ2n) is 9.55. The first-order valence-electron chi connectivity index (χ1n) is 11.7. The summed E-state index contributed by atoms with van der Waals surface area (Å²) in [5, 5.41) is 12.8. The third-order valence-electron chi connectivity index (χ3n) is 7.80. The van der Waals surface area contributed by atoms with Gasteiger partial charge in [-0.25, -0.2) is 9.78 Å². The Morgan fingerprint density at radius 2 is 1.97 bits per heavy atom. The molecular formula is C25H26N4O4S. The van der Waals surface area contributed by atoms with Gasteiger partial charge in [-0.2, -0.15) is 4.37 Å². The third-order valence-corrected chi connectivity index (χ3v) is 8.68. The number of nitrogens with zero attached hydrogens (tertiary/aromatic N) is 4. The maximum atomic E-state index is 13.5. The fraction of sp³-hybridized carbons (Fsp3) is 0.440. The van der Waals surface area contributed by atoms with Gasteiger partial charge in [0.2, 0.25) is 5.91 Å². The molecule has 0 unspecified atom stereocenters. The summed E-state index contributed by atoms with van der Waals surface area (Å²) in [4.78, 5) is 33.8. The smallest absolute Gasteiger partial charge is 0.338 e. The maximum absolute atomic E-state index is 13.5. The lowest BCUT2D eigenvalue weighted by molar-refractivity contribution is -0.128. The molecule has 3 aliphatic heterocycles. The molecular weight excluding hydrogens is 452 g/mol. The van der Waals surface area contributed by atoms with E-state index >= 15 is 0 Å². The predicted octanol–water partition coefficient (Wildman–Crippen LogP) is 3.22. The number of aliphatic hydroxyl groups is 1. The number of anilines is 1. The quantitative estimate of drug-likeness (QED) is 0.575. The van der Waals surface area contributed by atoms with Crippen molar-refractivity contribution in [3.8, 4) is 0 Å². The molecule has 8 nitrogen and oxygen atoms in total. The monoisotopic (exact) mass is 478 g/mol. The summed E-state index contributed by atoms with van der Waals surface area (Å²) in [6.07, 6.45) is 3.49. The number of aromatic nitrogens is 2. The van der Waals surface area contributed by atoms with Crippen LogP contribution in [-0.4, -0.2) is 57.4 Å². The highest BCUT2D eigenvalue weighted by atomic mass is 32.1. The first kappa shape index (κ1) is 21.6. The Balaban J connectivity index is 1.13.